The maximum Gasteiger partial charge on any atom is 0.0991 e. The molecule has 0 N–H and O–H groups in total. The zero-order valence-corrected chi connectivity index (χ0v) is 9.22. The van der Waals surface area contributed by atoms with Gasteiger partial charge in [0.15, 0.2) is 0 Å². The fourth-order valence-electron chi connectivity index (χ4n) is 1.78. The maximum absolute atomic E-state index is 8.73. The molecule has 0 bridgehead atoms. The number of hydrogen-bond donors (Lipinski definition) is 0. The second-order valence-corrected chi connectivity index (χ2v) is 3.87. The smallest absolute Gasteiger partial charge is 0.0991 e. The molecule has 1 nitrogen and oxygen atoms in total. The SMILES string of the molecule is C[C@H](c1ccccc1)c1ccc(C#N)cc1. The molecule has 0 aliphatic carbocycles. The molecule has 0 unspecified atom stereocenters. The lowest BCUT2D eigenvalue weighted by atomic mass is 9.93. The third-order valence-corrected chi connectivity index (χ3v) is 2.84. The van der Waals surface area contributed by atoms with Gasteiger partial charge in [0.25, 0.3) is 0 Å². The Hall–Kier alpha value is -2.07. The van der Waals surface area contributed by atoms with Crippen molar-refractivity contribution < 1.29 is 0 Å². The van der Waals surface area contributed by atoms with Crippen LogP contribution in [0.1, 0.15) is 29.5 Å². The van der Waals surface area contributed by atoms with E-state index in [4.69, 9.17) is 5.26 Å². The number of nitrogens with zero attached hydrogens (tertiary/aromatic N) is 1. The van der Waals surface area contributed by atoms with E-state index in [-0.39, 0.29) is 0 Å². The quantitative estimate of drug-likeness (QED) is 0.736. The molecule has 1 atom stereocenters. The van der Waals surface area contributed by atoms with E-state index >= 15 is 0 Å². The van der Waals surface area contributed by atoms with E-state index in [2.05, 4.69) is 37.3 Å². The topological polar surface area (TPSA) is 23.8 Å². The molecule has 78 valence electrons. The van der Waals surface area contributed by atoms with Gasteiger partial charge in [0.2, 0.25) is 0 Å². The Labute approximate surface area is 96.0 Å². The third-order valence-electron chi connectivity index (χ3n) is 2.84. The fraction of sp³-hybridized carbons (Fsp3) is 0.133. The number of rotatable bonds is 2. The van der Waals surface area contributed by atoms with Gasteiger partial charge in [-0.2, -0.15) is 5.26 Å². The molecule has 1 heteroatoms. The molecule has 2 aromatic rings. The van der Waals surface area contributed by atoms with Gasteiger partial charge in [0.05, 0.1) is 11.6 Å². The first kappa shape index (κ1) is 10.4. The highest BCUT2D eigenvalue weighted by Gasteiger charge is 2.07. The van der Waals surface area contributed by atoms with Crippen molar-refractivity contribution in [1.29, 1.82) is 5.26 Å². The largest absolute Gasteiger partial charge is 0.192 e. The minimum Gasteiger partial charge on any atom is -0.192 e. The Bertz CT molecular complexity index is 491. The molecule has 0 saturated carbocycles. The van der Waals surface area contributed by atoms with E-state index in [1.807, 2.05) is 30.3 Å². The van der Waals surface area contributed by atoms with Crippen LogP contribution in [0.2, 0.25) is 0 Å². The number of hydrogen-bond acceptors (Lipinski definition) is 1. The van der Waals surface area contributed by atoms with Crippen LogP contribution < -0.4 is 0 Å². The van der Waals surface area contributed by atoms with Crippen LogP contribution in [-0.4, -0.2) is 0 Å². The highest BCUT2D eigenvalue weighted by molar-refractivity contribution is 5.37. The van der Waals surface area contributed by atoms with Gasteiger partial charge in [-0.05, 0) is 23.3 Å². The van der Waals surface area contributed by atoms with Crippen LogP contribution in [0.5, 0.6) is 0 Å². The summed E-state index contributed by atoms with van der Waals surface area (Å²) in [6.45, 7) is 2.18. The van der Waals surface area contributed by atoms with E-state index in [0.717, 1.165) is 0 Å². The molecule has 2 rings (SSSR count). The molecule has 2 aromatic carbocycles. The van der Waals surface area contributed by atoms with Crippen LogP contribution in [0.4, 0.5) is 0 Å². The minimum absolute atomic E-state index is 0.369. The first-order valence-corrected chi connectivity index (χ1v) is 5.36. The van der Waals surface area contributed by atoms with Crippen LogP contribution in [0.25, 0.3) is 0 Å². The highest BCUT2D eigenvalue weighted by Crippen LogP contribution is 2.23. The zero-order valence-electron chi connectivity index (χ0n) is 9.22. The summed E-state index contributed by atoms with van der Waals surface area (Å²) in [5, 5.41) is 8.73. The summed E-state index contributed by atoms with van der Waals surface area (Å²) >= 11 is 0. The molecule has 0 radical (unpaired) electrons. The normalized spacial score (nSPS) is 11.8. The van der Waals surface area contributed by atoms with E-state index in [0.29, 0.717) is 11.5 Å². The Morgan fingerprint density at radius 1 is 0.875 bits per heavy atom. The van der Waals surface area contributed by atoms with Crippen LogP contribution >= 0.6 is 0 Å². The van der Waals surface area contributed by atoms with Crippen molar-refractivity contribution in [2.24, 2.45) is 0 Å². The first-order valence-electron chi connectivity index (χ1n) is 5.36. The van der Waals surface area contributed by atoms with Crippen LogP contribution in [-0.2, 0) is 0 Å². The molecule has 0 spiro atoms. The van der Waals surface area contributed by atoms with Crippen molar-refractivity contribution in [1.82, 2.24) is 0 Å². The fourth-order valence-corrected chi connectivity index (χ4v) is 1.78. The molecular weight excluding hydrogens is 194 g/mol. The molecular formula is C15H13N. The highest BCUT2D eigenvalue weighted by atomic mass is 14.2. The summed E-state index contributed by atoms with van der Waals surface area (Å²) in [5.41, 5.74) is 3.25. The van der Waals surface area contributed by atoms with Crippen molar-refractivity contribution in [2.75, 3.05) is 0 Å². The van der Waals surface area contributed by atoms with Crippen molar-refractivity contribution in [3.8, 4) is 6.07 Å². The van der Waals surface area contributed by atoms with Gasteiger partial charge >= 0.3 is 0 Å². The lowest BCUT2D eigenvalue weighted by Crippen LogP contribution is -1.95. The summed E-state index contributed by atoms with van der Waals surface area (Å²) in [6.07, 6.45) is 0. The van der Waals surface area contributed by atoms with Gasteiger partial charge < -0.3 is 0 Å². The average Bonchev–Trinajstić information content (AvgIpc) is 2.39. The van der Waals surface area contributed by atoms with Gasteiger partial charge in [-0.25, -0.2) is 0 Å². The van der Waals surface area contributed by atoms with Crippen LogP contribution in [0.3, 0.4) is 0 Å². The lowest BCUT2D eigenvalue weighted by Gasteiger charge is -2.12. The molecule has 0 aromatic heterocycles. The Kier molecular flexibility index (Phi) is 3.03. The first-order chi connectivity index (χ1) is 7.81. The van der Waals surface area contributed by atoms with Gasteiger partial charge in [-0.15, -0.1) is 0 Å². The van der Waals surface area contributed by atoms with E-state index in [1.54, 1.807) is 0 Å². The Morgan fingerprint density at radius 2 is 1.44 bits per heavy atom. The number of nitriles is 1. The van der Waals surface area contributed by atoms with Gasteiger partial charge in [-0.3, -0.25) is 0 Å². The predicted octanol–water partition coefficient (Wildman–Crippen LogP) is 3.71. The Balaban J connectivity index is 2.28. The molecule has 0 saturated heterocycles. The van der Waals surface area contributed by atoms with Crippen LogP contribution in [0.15, 0.2) is 54.6 Å². The summed E-state index contributed by atoms with van der Waals surface area (Å²) < 4.78 is 0. The van der Waals surface area contributed by atoms with Crippen molar-refractivity contribution in [3.05, 3.63) is 71.3 Å². The maximum atomic E-state index is 8.73. The summed E-state index contributed by atoms with van der Waals surface area (Å²) in [6, 6.07) is 20.3. The molecule has 0 fully saturated rings. The Morgan fingerprint density at radius 3 is 2.00 bits per heavy atom. The molecule has 0 aliphatic heterocycles. The molecule has 0 heterocycles. The van der Waals surface area contributed by atoms with Crippen molar-refractivity contribution >= 4 is 0 Å². The minimum atomic E-state index is 0.369. The van der Waals surface area contributed by atoms with Crippen molar-refractivity contribution in [2.45, 2.75) is 12.8 Å². The van der Waals surface area contributed by atoms with Gasteiger partial charge in [-0.1, -0.05) is 49.4 Å². The second-order valence-electron chi connectivity index (χ2n) is 3.87. The lowest BCUT2D eigenvalue weighted by molar-refractivity contribution is 0.922. The zero-order chi connectivity index (χ0) is 11.4. The van der Waals surface area contributed by atoms with Crippen molar-refractivity contribution in [3.63, 3.8) is 0 Å². The predicted molar refractivity (Wildman–Crippen MR) is 65.1 cm³/mol. The standard InChI is InChI=1S/C15H13N/c1-12(14-5-3-2-4-6-14)15-9-7-13(11-16)8-10-15/h2-10,12H,1H3/t12-/m1/s1. The summed E-state index contributed by atoms with van der Waals surface area (Å²) in [5.74, 6) is 0.369. The summed E-state index contributed by atoms with van der Waals surface area (Å²) in [7, 11) is 0. The van der Waals surface area contributed by atoms with Crippen LogP contribution in [0, 0.1) is 11.3 Å². The second kappa shape index (κ2) is 4.63. The van der Waals surface area contributed by atoms with Gasteiger partial charge in [0.1, 0.15) is 0 Å². The monoisotopic (exact) mass is 207 g/mol. The van der Waals surface area contributed by atoms with E-state index < -0.39 is 0 Å². The van der Waals surface area contributed by atoms with Gasteiger partial charge in [0, 0.05) is 5.92 Å². The van der Waals surface area contributed by atoms with E-state index in [9.17, 15) is 0 Å². The molecule has 16 heavy (non-hydrogen) atoms. The third kappa shape index (κ3) is 2.12. The average molecular weight is 207 g/mol. The molecule has 0 amide bonds. The number of benzene rings is 2. The summed E-state index contributed by atoms with van der Waals surface area (Å²) in [4.78, 5) is 0. The molecule has 0 aliphatic rings. The van der Waals surface area contributed by atoms with E-state index in [1.165, 1.54) is 11.1 Å².